The number of rotatable bonds is 3. The number of nitrogens with one attached hydrogen (secondary N) is 1. The second-order valence-electron chi connectivity index (χ2n) is 3.15. The van der Waals surface area contributed by atoms with Crippen LogP contribution >= 0.6 is 27.3 Å². The lowest BCUT2D eigenvalue weighted by atomic mass is 10.1. The van der Waals surface area contributed by atoms with E-state index in [2.05, 4.69) is 43.1 Å². The second-order valence-corrected chi connectivity index (χ2v) is 4.78. The Kier molecular flexibility index (Phi) is 3.51. The van der Waals surface area contributed by atoms with Gasteiger partial charge in [0.1, 0.15) is 0 Å². The molecule has 0 saturated heterocycles. The van der Waals surface area contributed by atoms with Gasteiger partial charge in [0, 0.05) is 10.7 Å². The summed E-state index contributed by atoms with van der Waals surface area (Å²) < 4.78 is 1.04. The Bertz CT molecular complexity index is 428. The standard InChI is InChI=1S/C11H11BrN2S/c1-13-10(8-4-6-15-7-8)11-9(12)3-2-5-14-11/h2-7,10,13H,1H3. The van der Waals surface area contributed by atoms with Gasteiger partial charge in [0.15, 0.2) is 0 Å². The van der Waals surface area contributed by atoms with Gasteiger partial charge in [-0.3, -0.25) is 4.98 Å². The zero-order valence-corrected chi connectivity index (χ0v) is 10.7. The van der Waals surface area contributed by atoms with Crippen molar-refractivity contribution >= 4 is 27.3 Å². The molecule has 1 atom stereocenters. The molecular formula is C11H11BrN2S. The van der Waals surface area contributed by atoms with E-state index in [1.807, 2.05) is 25.4 Å². The lowest BCUT2D eigenvalue weighted by Gasteiger charge is -2.15. The maximum absolute atomic E-state index is 4.40. The van der Waals surface area contributed by atoms with Crippen molar-refractivity contribution in [3.05, 3.63) is 50.9 Å². The highest BCUT2D eigenvalue weighted by Gasteiger charge is 2.15. The van der Waals surface area contributed by atoms with Crippen LogP contribution in [0.2, 0.25) is 0 Å². The largest absolute Gasteiger partial charge is 0.308 e. The molecular weight excluding hydrogens is 272 g/mol. The summed E-state index contributed by atoms with van der Waals surface area (Å²) in [5, 5.41) is 7.50. The molecule has 15 heavy (non-hydrogen) atoms. The number of thiophene rings is 1. The summed E-state index contributed by atoms with van der Waals surface area (Å²) in [6.45, 7) is 0. The number of nitrogens with zero attached hydrogens (tertiary/aromatic N) is 1. The number of hydrogen-bond acceptors (Lipinski definition) is 3. The molecule has 2 rings (SSSR count). The highest BCUT2D eigenvalue weighted by molar-refractivity contribution is 9.10. The minimum absolute atomic E-state index is 0.159. The van der Waals surface area contributed by atoms with Gasteiger partial charge in [-0.05, 0) is 57.5 Å². The monoisotopic (exact) mass is 282 g/mol. The van der Waals surface area contributed by atoms with Crippen molar-refractivity contribution in [2.45, 2.75) is 6.04 Å². The van der Waals surface area contributed by atoms with E-state index >= 15 is 0 Å². The summed E-state index contributed by atoms with van der Waals surface area (Å²) in [4.78, 5) is 4.40. The fourth-order valence-corrected chi connectivity index (χ4v) is 2.68. The van der Waals surface area contributed by atoms with Crippen molar-refractivity contribution in [3.8, 4) is 0 Å². The number of pyridine rings is 1. The Labute approximate surface area is 101 Å². The van der Waals surface area contributed by atoms with E-state index in [1.54, 1.807) is 11.3 Å². The van der Waals surface area contributed by atoms with Gasteiger partial charge in [-0.1, -0.05) is 0 Å². The molecule has 2 aromatic rings. The molecule has 1 N–H and O–H groups in total. The Balaban J connectivity index is 2.40. The Morgan fingerprint density at radius 3 is 2.93 bits per heavy atom. The summed E-state index contributed by atoms with van der Waals surface area (Å²) in [5.41, 5.74) is 2.28. The first-order valence-electron chi connectivity index (χ1n) is 4.62. The van der Waals surface area contributed by atoms with Crippen LogP contribution in [-0.4, -0.2) is 12.0 Å². The van der Waals surface area contributed by atoms with Crippen LogP contribution in [0.4, 0.5) is 0 Å². The minimum Gasteiger partial charge on any atom is -0.308 e. The Morgan fingerprint density at radius 2 is 2.33 bits per heavy atom. The van der Waals surface area contributed by atoms with E-state index in [4.69, 9.17) is 0 Å². The van der Waals surface area contributed by atoms with E-state index in [0.717, 1.165) is 10.2 Å². The maximum atomic E-state index is 4.40. The fourth-order valence-electron chi connectivity index (χ4n) is 1.51. The van der Waals surface area contributed by atoms with Gasteiger partial charge in [-0.15, -0.1) is 0 Å². The molecule has 1 unspecified atom stereocenters. The molecule has 4 heteroatoms. The van der Waals surface area contributed by atoms with E-state index in [1.165, 1.54) is 5.56 Å². The molecule has 78 valence electrons. The van der Waals surface area contributed by atoms with Crippen LogP contribution in [0.3, 0.4) is 0 Å². The van der Waals surface area contributed by atoms with Gasteiger partial charge in [-0.2, -0.15) is 11.3 Å². The molecule has 0 spiro atoms. The summed E-state index contributed by atoms with van der Waals surface area (Å²) in [5.74, 6) is 0. The van der Waals surface area contributed by atoms with Gasteiger partial charge in [0.25, 0.3) is 0 Å². The fraction of sp³-hybridized carbons (Fsp3) is 0.182. The molecule has 0 aliphatic heterocycles. The highest BCUT2D eigenvalue weighted by Crippen LogP contribution is 2.27. The molecule has 0 radical (unpaired) electrons. The first kappa shape index (κ1) is 10.8. The van der Waals surface area contributed by atoms with Crippen molar-refractivity contribution in [1.82, 2.24) is 10.3 Å². The van der Waals surface area contributed by atoms with E-state index in [-0.39, 0.29) is 6.04 Å². The number of aromatic nitrogens is 1. The third-order valence-electron chi connectivity index (χ3n) is 2.23. The smallest absolute Gasteiger partial charge is 0.0768 e. The van der Waals surface area contributed by atoms with E-state index in [0.29, 0.717) is 0 Å². The molecule has 0 aromatic carbocycles. The van der Waals surface area contributed by atoms with Gasteiger partial charge in [0.05, 0.1) is 11.7 Å². The lowest BCUT2D eigenvalue weighted by Crippen LogP contribution is -2.18. The molecule has 0 fully saturated rings. The summed E-state index contributed by atoms with van der Waals surface area (Å²) >= 11 is 5.22. The molecule has 0 aliphatic carbocycles. The van der Waals surface area contributed by atoms with Crippen LogP contribution in [0.1, 0.15) is 17.3 Å². The summed E-state index contributed by atoms with van der Waals surface area (Å²) in [6.07, 6.45) is 1.82. The average Bonchev–Trinajstić information content (AvgIpc) is 2.75. The third-order valence-corrected chi connectivity index (χ3v) is 3.60. The van der Waals surface area contributed by atoms with Gasteiger partial charge in [-0.25, -0.2) is 0 Å². The molecule has 2 nitrogen and oxygen atoms in total. The van der Waals surface area contributed by atoms with Crippen molar-refractivity contribution in [2.75, 3.05) is 7.05 Å². The molecule has 2 aromatic heterocycles. The zero-order valence-electron chi connectivity index (χ0n) is 8.27. The Morgan fingerprint density at radius 1 is 1.47 bits per heavy atom. The van der Waals surface area contributed by atoms with Gasteiger partial charge in [0.2, 0.25) is 0 Å². The molecule has 0 amide bonds. The van der Waals surface area contributed by atoms with Gasteiger partial charge < -0.3 is 5.32 Å². The Hall–Kier alpha value is -0.710. The predicted octanol–water partition coefficient (Wildman–Crippen LogP) is 3.21. The lowest BCUT2D eigenvalue weighted by molar-refractivity contribution is 0.670. The van der Waals surface area contributed by atoms with Crippen molar-refractivity contribution < 1.29 is 0 Å². The molecule has 2 heterocycles. The summed E-state index contributed by atoms with van der Waals surface area (Å²) in [6, 6.07) is 6.21. The molecule has 0 bridgehead atoms. The number of halogens is 1. The topological polar surface area (TPSA) is 24.9 Å². The quantitative estimate of drug-likeness (QED) is 0.935. The zero-order chi connectivity index (χ0) is 10.7. The van der Waals surface area contributed by atoms with Crippen LogP contribution in [0.15, 0.2) is 39.6 Å². The third kappa shape index (κ3) is 2.27. The SMILES string of the molecule is CNC(c1ccsc1)c1ncccc1Br. The molecule has 0 saturated carbocycles. The van der Waals surface area contributed by atoms with Crippen LogP contribution in [0, 0.1) is 0 Å². The minimum atomic E-state index is 0.159. The maximum Gasteiger partial charge on any atom is 0.0768 e. The van der Waals surface area contributed by atoms with Crippen molar-refractivity contribution in [1.29, 1.82) is 0 Å². The summed E-state index contributed by atoms with van der Waals surface area (Å²) in [7, 11) is 1.95. The predicted molar refractivity (Wildman–Crippen MR) is 67.2 cm³/mol. The molecule has 0 aliphatic rings. The van der Waals surface area contributed by atoms with Crippen LogP contribution in [-0.2, 0) is 0 Å². The number of hydrogen-bond donors (Lipinski definition) is 1. The van der Waals surface area contributed by atoms with Crippen LogP contribution < -0.4 is 5.32 Å². The van der Waals surface area contributed by atoms with Gasteiger partial charge >= 0.3 is 0 Å². The van der Waals surface area contributed by atoms with Crippen LogP contribution in [0.5, 0.6) is 0 Å². The van der Waals surface area contributed by atoms with Crippen molar-refractivity contribution in [3.63, 3.8) is 0 Å². The average molecular weight is 283 g/mol. The highest BCUT2D eigenvalue weighted by atomic mass is 79.9. The van der Waals surface area contributed by atoms with E-state index in [9.17, 15) is 0 Å². The second kappa shape index (κ2) is 4.88. The first-order valence-corrected chi connectivity index (χ1v) is 6.36. The van der Waals surface area contributed by atoms with Crippen molar-refractivity contribution in [2.24, 2.45) is 0 Å². The first-order chi connectivity index (χ1) is 7.33. The van der Waals surface area contributed by atoms with Crippen LogP contribution in [0.25, 0.3) is 0 Å². The normalized spacial score (nSPS) is 12.7. The van der Waals surface area contributed by atoms with E-state index < -0.39 is 0 Å².